The summed E-state index contributed by atoms with van der Waals surface area (Å²) in [6.45, 7) is 23.0. The van der Waals surface area contributed by atoms with E-state index in [2.05, 4.69) is 0 Å². The van der Waals surface area contributed by atoms with Crippen LogP contribution in [0.25, 0.3) is 0 Å². The first kappa shape index (κ1) is 53.9. The smallest absolute Gasteiger partial charge is 0.338 e. The van der Waals surface area contributed by atoms with Gasteiger partial charge in [-0.05, 0) is 92.0 Å². The molecule has 15 nitrogen and oxygen atoms in total. The van der Waals surface area contributed by atoms with E-state index in [1.165, 1.54) is 19.2 Å². The monoisotopic (exact) mass is 867 g/mol. The average Bonchev–Trinajstić information content (AvgIpc) is 3.21. The van der Waals surface area contributed by atoms with Crippen molar-refractivity contribution in [3.05, 3.63) is 65.7 Å². The second-order valence-corrected chi connectivity index (χ2v) is 17.3. The summed E-state index contributed by atoms with van der Waals surface area (Å²) in [7, 11) is 1.43. The normalized spacial score (nSPS) is 27.1. The number of rotatable bonds is 16. The molecule has 0 spiro atoms. The second-order valence-electron chi connectivity index (χ2n) is 17.3. The lowest BCUT2D eigenvalue weighted by molar-refractivity contribution is -0.291. The number of hydrogen-bond donors (Lipinski definition) is 5. The fourth-order valence-corrected chi connectivity index (χ4v) is 6.76. The lowest BCUT2D eigenvalue weighted by Gasteiger charge is -2.49. The highest BCUT2D eigenvalue weighted by Crippen LogP contribution is 2.37. The second kappa shape index (κ2) is 23.5. The number of ether oxygens (including phenoxy) is 8. The number of methoxy groups -OCH3 is 1. The summed E-state index contributed by atoms with van der Waals surface area (Å²) in [5.74, 6) is -1.58. The van der Waals surface area contributed by atoms with Gasteiger partial charge in [0.15, 0.2) is 12.2 Å². The van der Waals surface area contributed by atoms with Crippen LogP contribution in [0.1, 0.15) is 108 Å². The van der Waals surface area contributed by atoms with Crippen LogP contribution < -0.4 is 0 Å². The number of aromatic hydroxyl groups is 1. The van der Waals surface area contributed by atoms with Gasteiger partial charge in [0.05, 0.1) is 29.0 Å². The summed E-state index contributed by atoms with van der Waals surface area (Å²) in [5.41, 5.74) is -3.01. The van der Waals surface area contributed by atoms with Gasteiger partial charge in [-0.2, -0.15) is 0 Å². The Morgan fingerprint density at radius 1 is 0.607 bits per heavy atom. The zero-order valence-corrected chi connectivity index (χ0v) is 38.6. The van der Waals surface area contributed by atoms with E-state index in [1.807, 2.05) is 45.9 Å². The average molecular weight is 867 g/mol. The lowest BCUT2D eigenvalue weighted by atomic mass is 9.86. The number of esters is 2. The van der Waals surface area contributed by atoms with Crippen molar-refractivity contribution in [3.63, 3.8) is 0 Å². The number of carbonyl (C=O) groups excluding carboxylic acids is 2. The number of aliphatic hydroxyl groups is 4. The first-order valence-corrected chi connectivity index (χ1v) is 21.2. The van der Waals surface area contributed by atoms with Crippen LogP contribution in [-0.2, 0) is 60.7 Å². The maximum Gasteiger partial charge on any atom is 0.338 e. The van der Waals surface area contributed by atoms with Crippen LogP contribution >= 0.6 is 0 Å². The van der Waals surface area contributed by atoms with E-state index in [1.54, 1.807) is 86.6 Å². The first-order chi connectivity index (χ1) is 28.5. The highest BCUT2D eigenvalue weighted by molar-refractivity contribution is 5.76. The molecular weight excluding hydrogens is 792 g/mol. The zero-order chi connectivity index (χ0) is 46.5. The fraction of sp³-hybridized carbons (Fsp3) is 0.696. The van der Waals surface area contributed by atoms with E-state index >= 15 is 0 Å². The molecule has 0 aromatic heterocycles. The molecule has 2 fully saturated rings. The van der Waals surface area contributed by atoms with Gasteiger partial charge in [0, 0.05) is 7.11 Å². The van der Waals surface area contributed by atoms with Crippen LogP contribution in [0.15, 0.2) is 54.6 Å². The molecule has 4 rings (SSSR count). The van der Waals surface area contributed by atoms with E-state index in [0.29, 0.717) is 5.56 Å². The van der Waals surface area contributed by atoms with Crippen molar-refractivity contribution in [2.24, 2.45) is 0 Å². The minimum atomic E-state index is -1.58. The topological polar surface area (TPSA) is 209 Å². The largest absolute Gasteiger partial charge is 0.508 e. The van der Waals surface area contributed by atoms with Gasteiger partial charge < -0.3 is 63.4 Å². The molecule has 0 saturated carbocycles. The van der Waals surface area contributed by atoms with Crippen LogP contribution in [0, 0.1) is 0 Å². The van der Waals surface area contributed by atoms with E-state index in [9.17, 15) is 35.1 Å². The van der Waals surface area contributed by atoms with E-state index < -0.39 is 95.4 Å². The Hall–Kier alpha value is -3.22. The Balaban J connectivity index is 0.00000311. The van der Waals surface area contributed by atoms with Crippen molar-refractivity contribution in [1.29, 1.82) is 0 Å². The number of benzene rings is 2. The van der Waals surface area contributed by atoms with Crippen LogP contribution in [0.4, 0.5) is 0 Å². The van der Waals surface area contributed by atoms with Crippen LogP contribution in [0.3, 0.4) is 0 Å². The van der Waals surface area contributed by atoms with E-state index in [0.717, 1.165) is 5.56 Å². The molecule has 8 unspecified atom stereocenters. The minimum absolute atomic E-state index is 0.0186. The molecule has 2 heterocycles. The molecule has 348 valence electrons. The van der Waals surface area contributed by atoms with Gasteiger partial charge in [0.2, 0.25) is 0 Å². The maximum atomic E-state index is 13.6. The molecule has 0 aliphatic carbocycles. The third-order valence-corrected chi connectivity index (χ3v) is 10.2. The van der Waals surface area contributed by atoms with Crippen LogP contribution in [-0.4, -0.2) is 135 Å². The number of aliphatic hydroxyl groups excluding tert-OH is 4. The number of phenolic OH excluding ortho intramolecular Hbond substituents is 1. The molecule has 0 bridgehead atoms. The molecule has 0 amide bonds. The summed E-state index contributed by atoms with van der Waals surface area (Å²) in [6, 6.07) is 15.2. The maximum absolute atomic E-state index is 13.6. The van der Waals surface area contributed by atoms with Gasteiger partial charge in [0.25, 0.3) is 0 Å². The Kier molecular flexibility index (Phi) is 20.7. The van der Waals surface area contributed by atoms with Gasteiger partial charge in [-0.3, -0.25) is 0 Å². The zero-order valence-electron chi connectivity index (χ0n) is 38.6. The van der Waals surface area contributed by atoms with Gasteiger partial charge in [-0.1, -0.05) is 70.2 Å². The molecule has 61 heavy (non-hydrogen) atoms. The Labute approximate surface area is 362 Å². The molecule has 0 radical (unpaired) electrons. The summed E-state index contributed by atoms with van der Waals surface area (Å²) < 4.78 is 47.6. The first-order valence-electron chi connectivity index (χ1n) is 21.2. The summed E-state index contributed by atoms with van der Waals surface area (Å²) in [5, 5.41) is 54.9. The molecule has 2 aromatic carbocycles. The third-order valence-electron chi connectivity index (χ3n) is 10.2. The molecule has 2 aliphatic heterocycles. The highest BCUT2D eigenvalue weighted by Gasteiger charge is 2.56. The molecule has 5 N–H and O–H groups in total. The van der Waals surface area contributed by atoms with Crippen LogP contribution in [0.5, 0.6) is 5.75 Å². The number of phenols is 1. The highest BCUT2D eigenvalue weighted by atomic mass is 16.6. The standard InChI is InChI=1S/C42H62O15.2C2H6/c1-39(2,3)56-31-27(44)30(47)36(55-33(31)37(48)52-23-25-16-18-26(43)19-17-25)42(8,9)53-21-20-40(4,5)57-32-28(45)29(46)35(41(6,7)50-10)54-34(32)38(49)51-22-24-14-12-11-13-15-24;2*1-2/h11-19,27-36,43-47H,20-23H2,1-10H3;2*1-2H3/t27?,28?,29?,30?,31-,32-,33?,34?,35?,36?;;/m0../s1. The SMILES string of the molecule is CC.CC.COC(C)(C)C1OC(C(=O)OCc2ccccc2)[C@@H](OC(C)(C)CCOC(C)(C)C2OC(C(=O)OCc3ccc(O)cc3)[C@@H](OC(C)(C)C)C(O)C2O)C(O)C1O. The molecule has 10 atom stereocenters. The van der Waals surface area contributed by atoms with Crippen molar-refractivity contribution < 1.29 is 73.0 Å². The predicted molar refractivity (Wildman–Crippen MR) is 227 cm³/mol. The molecule has 2 aromatic rings. The van der Waals surface area contributed by atoms with Crippen LogP contribution in [0.2, 0.25) is 0 Å². The van der Waals surface area contributed by atoms with Crippen molar-refractivity contribution in [2.45, 2.75) is 193 Å². The molecule has 2 saturated heterocycles. The summed E-state index contributed by atoms with van der Waals surface area (Å²) in [6.07, 6.45) is -13.9. The van der Waals surface area contributed by atoms with E-state index in [-0.39, 0.29) is 32.0 Å². The van der Waals surface area contributed by atoms with Crippen molar-refractivity contribution in [2.75, 3.05) is 13.7 Å². The Bertz CT molecular complexity index is 1590. The van der Waals surface area contributed by atoms with Crippen molar-refractivity contribution >= 4 is 11.9 Å². The van der Waals surface area contributed by atoms with Crippen molar-refractivity contribution in [1.82, 2.24) is 0 Å². The molecule has 15 heteroatoms. The third kappa shape index (κ3) is 15.2. The number of hydrogen-bond acceptors (Lipinski definition) is 15. The fourth-order valence-electron chi connectivity index (χ4n) is 6.76. The summed E-state index contributed by atoms with van der Waals surface area (Å²) in [4.78, 5) is 27.1. The van der Waals surface area contributed by atoms with Gasteiger partial charge in [-0.15, -0.1) is 0 Å². The molecule has 2 aliphatic rings. The Morgan fingerprint density at radius 3 is 1.48 bits per heavy atom. The van der Waals surface area contributed by atoms with Gasteiger partial charge in [-0.25, -0.2) is 9.59 Å². The van der Waals surface area contributed by atoms with Gasteiger partial charge >= 0.3 is 11.9 Å². The predicted octanol–water partition coefficient (Wildman–Crippen LogP) is 5.17. The number of carbonyl (C=O) groups is 2. The molecular formula is C46H74O15. The Morgan fingerprint density at radius 2 is 1.03 bits per heavy atom. The minimum Gasteiger partial charge on any atom is -0.508 e. The summed E-state index contributed by atoms with van der Waals surface area (Å²) >= 11 is 0. The lowest BCUT2D eigenvalue weighted by Crippen LogP contribution is -2.67. The van der Waals surface area contributed by atoms with Crippen molar-refractivity contribution in [3.8, 4) is 5.75 Å². The quantitative estimate of drug-likeness (QED) is 0.138. The van der Waals surface area contributed by atoms with E-state index in [4.69, 9.17) is 37.9 Å². The van der Waals surface area contributed by atoms with Gasteiger partial charge in [0.1, 0.15) is 67.8 Å².